The number of rotatable bonds is 7. The highest BCUT2D eigenvalue weighted by molar-refractivity contribution is 7.99. The molecule has 0 aliphatic rings. The summed E-state index contributed by atoms with van der Waals surface area (Å²) in [6, 6.07) is 9.73. The molecule has 26 heavy (non-hydrogen) atoms. The number of halogens is 3. The topological polar surface area (TPSA) is 55.4 Å². The van der Waals surface area contributed by atoms with Crippen molar-refractivity contribution in [2.75, 3.05) is 11.1 Å². The lowest BCUT2D eigenvalue weighted by Crippen LogP contribution is -2.30. The number of amides is 1. The van der Waals surface area contributed by atoms with Crippen molar-refractivity contribution in [3.05, 3.63) is 59.1 Å². The summed E-state index contributed by atoms with van der Waals surface area (Å²) in [7, 11) is 0. The minimum Gasteiger partial charge on any atom is -0.453 e. The van der Waals surface area contributed by atoms with Crippen LogP contribution >= 0.6 is 23.4 Å². The van der Waals surface area contributed by atoms with E-state index in [4.69, 9.17) is 16.3 Å². The van der Waals surface area contributed by atoms with Crippen LogP contribution in [0.3, 0.4) is 0 Å². The highest BCUT2D eigenvalue weighted by atomic mass is 35.5. The first kappa shape index (κ1) is 20.2. The minimum absolute atomic E-state index is 0.0471. The number of esters is 1. The van der Waals surface area contributed by atoms with Crippen LogP contribution in [0.15, 0.2) is 47.4 Å². The minimum atomic E-state index is -1.08. The van der Waals surface area contributed by atoms with Crippen LogP contribution < -0.4 is 5.32 Å². The lowest BCUT2D eigenvalue weighted by Gasteiger charge is -2.14. The van der Waals surface area contributed by atoms with Gasteiger partial charge in [0.25, 0.3) is 5.91 Å². The van der Waals surface area contributed by atoms with Crippen molar-refractivity contribution in [2.45, 2.75) is 24.3 Å². The maximum Gasteiger partial charge on any atom is 0.307 e. The third kappa shape index (κ3) is 6.31. The molecule has 0 saturated carbocycles. The van der Waals surface area contributed by atoms with Crippen LogP contribution in [0.25, 0.3) is 0 Å². The fourth-order valence-electron chi connectivity index (χ4n) is 1.92. The molecular formula is C18H16ClF2NO3S. The van der Waals surface area contributed by atoms with Gasteiger partial charge in [-0.15, -0.1) is 11.8 Å². The number of hydrogen-bond acceptors (Lipinski definition) is 4. The summed E-state index contributed by atoms with van der Waals surface area (Å²) in [5.41, 5.74) is -0.0471. The van der Waals surface area contributed by atoms with Crippen molar-refractivity contribution in [3.63, 3.8) is 0 Å². The Bertz CT molecular complexity index is 787. The van der Waals surface area contributed by atoms with Gasteiger partial charge in [0.05, 0.1) is 12.1 Å². The van der Waals surface area contributed by atoms with E-state index in [0.717, 1.165) is 11.0 Å². The first-order chi connectivity index (χ1) is 12.3. The first-order valence-electron chi connectivity index (χ1n) is 7.69. The van der Waals surface area contributed by atoms with Crippen molar-refractivity contribution in [1.29, 1.82) is 0 Å². The van der Waals surface area contributed by atoms with Crippen LogP contribution in [-0.2, 0) is 14.3 Å². The maximum atomic E-state index is 13.7. The molecule has 0 fully saturated rings. The van der Waals surface area contributed by atoms with Crippen molar-refractivity contribution in [3.8, 4) is 0 Å². The fraction of sp³-hybridized carbons (Fsp3) is 0.222. The van der Waals surface area contributed by atoms with Crippen LogP contribution in [0.5, 0.6) is 0 Å². The smallest absolute Gasteiger partial charge is 0.307 e. The summed E-state index contributed by atoms with van der Waals surface area (Å²) in [5, 5.41) is 2.55. The van der Waals surface area contributed by atoms with Crippen LogP contribution in [0.1, 0.15) is 13.3 Å². The summed E-state index contributed by atoms with van der Waals surface area (Å²) in [5.74, 6) is -1.79. The van der Waals surface area contributed by atoms with Gasteiger partial charge in [0.15, 0.2) is 6.10 Å². The summed E-state index contributed by atoms with van der Waals surface area (Å²) in [6.45, 7) is 1.40. The number of thioether (sulfide) groups is 1. The zero-order chi connectivity index (χ0) is 19.1. The molecule has 1 amide bonds. The molecule has 0 saturated heterocycles. The highest BCUT2D eigenvalue weighted by Crippen LogP contribution is 2.20. The number of hydrogen-bond donors (Lipinski definition) is 1. The lowest BCUT2D eigenvalue weighted by molar-refractivity contribution is -0.152. The zero-order valence-electron chi connectivity index (χ0n) is 13.8. The van der Waals surface area contributed by atoms with Crippen molar-refractivity contribution < 1.29 is 23.1 Å². The second kappa shape index (κ2) is 9.54. The molecule has 0 aliphatic heterocycles. The number of nitrogens with one attached hydrogen (secondary N) is 1. The molecular weight excluding hydrogens is 384 g/mol. The van der Waals surface area contributed by atoms with E-state index >= 15 is 0 Å². The molecule has 2 aromatic rings. The molecule has 0 heterocycles. The Balaban J connectivity index is 1.76. The summed E-state index contributed by atoms with van der Waals surface area (Å²) in [4.78, 5) is 24.6. The second-order valence-electron chi connectivity index (χ2n) is 5.30. The van der Waals surface area contributed by atoms with E-state index in [1.54, 1.807) is 12.1 Å². The predicted molar refractivity (Wildman–Crippen MR) is 97.3 cm³/mol. The van der Waals surface area contributed by atoms with Gasteiger partial charge in [0, 0.05) is 15.7 Å². The number of anilines is 1. The molecule has 0 bridgehead atoms. The number of benzene rings is 2. The molecule has 1 unspecified atom stereocenters. The molecule has 0 aromatic heterocycles. The van der Waals surface area contributed by atoms with E-state index < -0.39 is 23.8 Å². The van der Waals surface area contributed by atoms with E-state index in [1.807, 2.05) is 0 Å². The van der Waals surface area contributed by atoms with E-state index in [9.17, 15) is 18.4 Å². The number of ether oxygens (including phenoxy) is 1. The first-order valence-corrected chi connectivity index (χ1v) is 9.05. The third-order valence-corrected chi connectivity index (χ3v) is 4.50. The summed E-state index contributed by atoms with van der Waals surface area (Å²) >= 11 is 7.01. The maximum absolute atomic E-state index is 13.7. The van der Waals surface area contributed by atoms with Gasteiger partial charge in [0.2, 0.25) is 0 Å². The number of carbonyl (C=O) groups excluding carboxylic acids is 2. The van der Waals surface area contributed by atoms with Crippen LogP contribution in [-0.4, -0.2) is 23.7 Å². The summed E-state index contributed by atoms with van der Waals surface area (Å²) in [6.07, 6.45) is -0.997. The quantitative estimate of drug-likeness (QED) is 0.543. The Kier molecular flexibility index (Phi) is 7.41. The van der Waals surface area contributed by atoms with Gasteiger partial charge in [-0.1, -0.05) is 11.6 Å². The molecule has 1 atom stereocenters. The molecule has 0 aliphatic carbocycles. The fourth-order valence-corrected chi connectivity index (χ4v) is 2.91. The third-order valence-electron chi connectivity index (χ3n) is 3.26. The van der Waals surface area contributed by atoms with Gasteiger partial charge in [-0.25, -0.2) is 8.78 Å². The molecule has 8 heteroatoms. The Morgan fingerprint density at radius 3 is 2.54 bits per heavy atom. The molecule has 4 nitrogen and oxygen atoms in total. The average Bonchev–Trinajstić information content (AvgIpc) is 2.59. The van der Waals surface area contributed by atoms with Crippen LogP contribution in [0.2, 0.25) is 5.02 Å². The molecule has 1 N–H and O–H groups in total. The monoisotopic (exact) mass is 399 g/mol. The van der Waals surface area contributed by atoms with Gasteiger partial charge in [0.1, 0.15) is 11.6 Å². The summed E-state index contributed by atoms with van der Waals surface area (Å²) < 4.78 is 31.5. The molecule has 2 aromatic carbocycles. The van der Waals surface area contributed by atoms with E-state index in [0.29, 0.717) is 5.75 Å². The standard InChI is InChI=1S/C18H16ClF2NO3S/c1-11(18(24)22-16-7-2-12(19)10-15(16)21)25-17(23)8-9-26-14-5-3-13(20)4-6-14/h2-7,10-11H,8-9H2,1H3,(H,22,24). The van der Waals surface area contributed by atoms with E-state index in [1.165, 1.54) is 43.0 Å². The highest BCUT2D eigenvalue weighted by Gasteiger charge is 2.19. The lowest BCUT2D eigenvalue weighted by atomic mass is 10.3. The molecule has 0 radical (unpaired) electrons. The van der Waals surface area contributed by atoms with Gasteiger partial charge < -0.3 is 10.1 Å². The second-order valence-corrected chi connectivity index (χ2v) is 6.90. The Morgan fingerprint density at radius 1 is 1.19 bits per heavy atom. The van der Waals surface area contributed by atoms with Gasteiger partial charge in [-0.2, -0.15) is 0 Å². The normalized spacial score (nSPS) is 11.7. The zero-order valence-corrected chi connectivity index (χ0v) is 15.4. The Hall–Kier alpha value is -2.12. The Morgan fingerprint density at radius 2 is 1.88 bits per heavy atom. The molecule has 138 valence electrons. The SMILES string of the molecule is CC(OC(=O)CCSc1ccc(F)cc1)C(=O)Nc1ccc(Cl)cc1F. The Labute approximate surface area is 158 Å². The van der Waals surface area contributed by atoms with E-state index in [-0.39, 0.29) is 22.9 Å². The number of carbonyl (C=O) groups is 2. The van der Waals surface area contributed by atoms with Crippen molar-refractivity contribution >= 4 is 40.9 Å². The van der Waals surface area contributed by atoms with Gasteiger partial charge >= 0.3 is 5.97 Å². The van der Waals surface area contributed by atoms with Crippen molar-refractivity contribution in [2.24, 2.45) is 0 Å². The average molecular weight is 400 g/mol. The van der Waals surface area contributed by atoms with Gasteiger partial charge in [-0.3, -0.25) is 9.59 Å². The molecule has 0 spiro atoms. The van der Waals surface area contributed by atoms with E-state index in [2.05, 4.69) is 5.32 Å². The van der Waals surface area contributed by atoms with Gasteiger partial charge in [-0.05, 0) is 49.4 Å². The largest absolute Gasteiger partial charge is 0.453 e. The van der Waals surface area contributed by atoms with Crippen LogP contribution in [0.4, 0.5) is 14.5 Å². The van der Waals surface area contributed by atoms with Crippen molar-refractivity contribution in [1.82, 2.24) is 0 Å². The predicted octanol–water partition coefficient (Wildman–Crippen LogP) is 4.67. The molecule has 2 rings (SSSR count). The van der Waals surface area contributed by atoms with Crippen LogP contribution in [0, 0.1) is 11.6 Å².